The Morgan fingerprint density at radius 2 is 2.03 bits per heavy atom. The Hall–Kier alpha value is -3.70. The second kappa shape index (κ2) is 8.68. The lowest BCUT2D eigenvalue weighted by Crippen LogP contribution is -2.52. The number of nitrogens with zero attached hydrogens (tertiary/aromatic N) is 4. The zero-order valence-electron chi connectivity index (χ0n) is 18.9. The SMILES string of the molecule is CC(C)Oc1ccc([C@@H]2C(=O)N(C)C(N)=N[C@]2(C)c2cc(-c3cccc(C#N)c3)cs2)cn1. The zero-order valence-corrected chi connectivity index (χ0v) is 19.8. The molecule has 2 N–H and O–H groups in total. The summed E-state index contributed by atoms with van der Waals surface area (Å²) in [7, 11) is 1.63. The Morgan fingerprint density at radius 1 is 1.24 bits per heavy atom. The Balaban J connectivity index is 1.78. The fourth-order valence-electron chi connectivity index (χ4n) is 3.98. The molecule has 0 radical (unpaired) electrons. The number of amides is 1. The molecule has 0 bridgehead atoms. The molecule has 2 atom stereocenters. The number of benzene rings is 1. The van der Waals surface area contributed by atoms with Gasteiger partial charge in [-0.25, -0.2) is 9.98 Å². The number of aliphatic imine (C=N–C) groups is 1. The molecule has 0 saturated carbocycles. The molecule has 168 valence electrons. The quantitative estimate of drug-likeness (QED) is 0.614. The highest BCUT2D eigenvalue weighted by Crippen LogP contribution is 2.47. The molecule has 0 unspecified atom stereocenters. The molecule has 0 saturated heterocycles. The van der Waals surface area contributed by atoms with E-state index in [-0.39, 0.29) is 18.0 Å². The number of pyridine rings is 1. The van der Waals surface area contributed by atoms with Gasteiger partial charge in [-0.15, -0.1) is 11.3 Å². The van der Waals surface area contributed by atoms with Crippen LogP contribution in [0.25, 0.3) is 11.1 Å². The molecular weight excluding hydrogens is 434 g/mol. The molecule has 1 aliphatic heterocycles. The third-order valence-corrected chi connectivity index (χ3v) is 6.86. The van der Waals surface area contributed by atoms with Crippen molar-refractivity contribution >= 4 is 23.2 Å². The number of rotatable bonds is 5. The van der Waals surface area contributed by atoms with Crippen molar-refractivity contribution in [2.24, 2.45) is 10.7 Å². The van der Waals surface area contributed by atoms with Crippen molar-refractivity contribution in [3.63, 3.8) is 0 Å². The van der Waals surface area contributed by atoms with Crippen LogP contribution in [0.4, 0.5) is 0 Å². The summed E-state index contributed by atoms with van der Waals surface area (Å²) in [5.74, 6) is -0.0723. The number of hydrogen-bond donors (Lipinski definition) is 1. The van der Waals surface area contributed by atoms with Crippen molar-refractivity contribution in [3.8, 4) is 23.1 Å². The van der Waals surface area contributed by atoms with E-state index in [9.17, 15) is 10.1 Å². The third-order valence-electron chi connectivity index (χ3n) is 5.70. The molecule has 1 aromatic carbocycles. The summed E-state index contributed by atoms with van der Waals surface area (Å²) in [6.45, 7) is 5.80. The highest BCUT2D eigenvalue weighted by atomic mass is 32.1. The molecular formula is C25H25N5O2S. The van der Waals surface area contributed by atoms with E-state index in [1.807, 2.05) is 56.5 Å². The largest absolute Gasteiger partial charge is 0.475 e. The summed E-state index contributed by atoms with van der Waals surface area (Å²) in [6.07, 6.45) is 1.68. The van der Waals surface area contributed by atoms with E-state index in [4.69, 9.17) is 15.5 Å². The van der Waals surface area contributed by atoms with Gasteiger partial charge >= 0.3 is 0 Å². The summed E-state index contributed by atoms with van der Waals surface area (Å²) in [5.41, 5.74) is 8.46. The van der Waals surface area contributed by atoms with Gasteiger partial charge in [0.25, 0.3) is 0 Å². The number of thiophene rings is 1. The molecule has 4 rings (SSSR count). The highest BCUT2D eigenvalue weighted by molar-refractivity contribution is 7.10. The number of carbonyl (C=O) groups excluding carboxylic acids is 1. The third kappa shape index (κ3) is 4.20. The molecule has 33 heavy (non-hydrogen) atoms. The van der Waals surface area contributed by atoms with Crippen molar-refractivity contribution in [2.75, 3.05) is 7.05 Å². The molecule has 1 amide bonds. The number of nitriles is 1. The first-order valence-corrected chi connectivity index (χ1v) is 11.5. The molecule has 0 aliphatic carbocycles. The summed E-state index contributed by atoms with van der Waals surface area (Å²) in [4.78, 5) is 24.9. The Morgan fingerprint density at radius 3 is 2.70 bits per heavy atom. The number of ether oxygens (including phenoxy) is 1. The molecule has 8 heteroatoms. The smallest absolute Gasteiger partial charge is 0.239 e. The first-order valence-electron chi connectivity index (χ1n) is 10.6. The van der Waals surface area contributed by atoms with E-state index in [0.29, 0.717) is 11.4 Å². The minimum Gasteiger partial charge on any atom is -0.475 e. The number of guanidine groups is 1. The van der Waals surface area contributed by atoms with Gasteiger partial charge in [-0.1, -0.05) is 18.2 Å². The van der Waals surface area contributed by atoms with Crippen LogP contribution in [0.3, 0.4) is 0 Å². The first kappa shape index (κ1) is 22.5. The summed E-state index contributed by atoms with van der Waals surface area (Å²) >= 11 is 1.52. The van der Waals surface area contributed by atoms with Crippen LogP contribution in [0.5, 0.6) is 5.88 Å². The number of likely N-dealkylation sites (N-methyl/N-ethyl adjacent to an activating group) is 1. The molecule has 0 spiro atoms. The molecule has 3 heterocycles. The number of hydrogen-bond acceptors (Lipinski definition) is 7. The van der Waals surface area contributed by atoms with Gasteiger partial charge in [0, 0.05) is 24.2 Å². The number of aromatic nitrogens is 1. The number of carbonyl (C=O) groups is 1. The van der Waals surface area contributed by atoms with Crippen molar-refractivity contribution in [1.82, 2.24) is 9.88 Å². The van der Waals surface area contributed by atoms with E-state index >= 15 is 0 Å². The predicted octanol–water partition coefficient (Wildman–Crippen LogP) is 4.25. The maximum atomic E-state index is 13.4. The van der Waals surface area contributed by atoms with Gasteiger partial charge in [-0.3, -0.25) is 9.69 Å². The summed E-state index contributed by atoms with van der Waals surface area (Å²) in [5, 5.41) is 11.2. The zero-order chi connectivity index (χ0) is 23.8. The van der Waals surface area contributed by atoms with E-state index in [2.05, 4.69) is 11.1 Å². The average Bonchev–Trinajstić information content (AvgIpc) is 3.30. The van der Waals surface area contributed by atoms with Crippen LogP contribution < -0.4 is 10.5 Å². The maximum absolute atomic E-state index is 13.4. The second-order valence-electron chi connectivity index (χ2n) is 8.44. The second-order valence-corrected chi connectivity index (χ2v) is 9.35. The predicted molar refractivity (Wildman–Crippen MR) is 129 cm³/mol. The van der Waals surface area contributed by atoms with Gasteiger partial charge in [0.1, 0.15) is 5.54 Å². The van der Waals surface area contributed by atoms with Crippen LogP contribution in [0, 0.1) is 11.3 Å². The monoisotopic (exact) mass is 459 g/mol. The fraction of sp³-hybridized carbons (Fsp3) is 0.280. The average molecular weight is 460 g/mol. The van der Waals surface area contributed by atoms with Gasteiger partial charge < -0.3 is 10.5 Å². The van der Waals surface area contributed by atoms with Gasteiger partial charge in [0.2, 0.25) is 11.8 Å². The minimum atomic E-state index is -0.911. The first-order chi connectivity index (χ1) is 15.7. The summed E-state index contributed by atoms with van der Waals surface area (Å²) in [6, 6.07) is 15.3. The van der Waals surface area contributed by atoms with E-state index in [1.54, 1.807) is 25.4 Å². The van der Waals surface area contributed by atoms with Crippen molar-refractivity contribution in [1.29, 1.82) is 5.26 Å². The number of nitrogens with two attached hydrogens (primary N) is 1. The molecule has 0 fully saturated rings. The van der Waals surface area contributed by atoms with Crippen LogP contribution in [0.2, 0.25) is 0 Å². The fourth-order valence-corrected chi connectivity index (χ4v) is 5.04. The maximum Gasteiger partial charge on any atom is 0.239 e. The molecule has 2 aromatic heterocycles. The molecule has 3 aromatic rings. The molecule has 1 aliphatic rings. The van der Waals surface area contributed by atoms with E-state index in [1.165, 1.54) is 16.2 Å². The normalized spacial score (nSPS) is 20.5. The lowest BCUT2D eigenvalue weighted by molar-refractivity contribution is -0.130. The van der Waals surface area contributed by atoms with Crippen molar-refractivity contribution in [2.45, 2.75) is 38.3 Å². The van der Waals surface area contributed by atoms with Gasteiger partial charge in [-0.2, -0.15) is 5.26 Å². The minimum absolute atomic E-state index is 0.00420. The van der Waals surface area contributed by atoms with Gasteiger partial charge in [0.05, 0.1) is 23.7 Å². The van der Waals surface area contributed by atoms with Crippen LogP contribution in [-0.4, -0.2) is 34.9 Å². The lowest BCUT2D eigenvalue weighted by atomic mass is 9.78. The lowest BCUT2D eigenvalue weighted by Gasteiger charge is -2.39. The Bertz CT molecular complexity index is 1260. The Labute approximate surface area is 197 Å². The van der Waals surface area contributed by atoms with Crippen LogP contribution in [0.15, 0.2) is 59.0 Å². The van der Waals surface area contributed by atoms with Crippen molar-refractivity contribution < 1.29 is 9.53 Å². The van der Waals surface area contributed by atoms with Crippen molar-refractivity contribution in [3.05, 3.63) is 70.0 Å². The van der Waals surface area contributed by atoms with Crippen LogP contribution >= 0.6 is 11.3 Å². The van der Waals surface area contributed by atoms with Crippen LogP contribution in [-0.2, 0) is 10.3 Å². The van der Waals surface area contributed by atoms with E-state index < -0.39 is 11.5 Å². The highest BCUT2D eigenvalue weighted by Gasteiger charge is 2.48. The van der Waals surface area contributed by atoms with E-state index in [0.717, 1.165) is 21.6 Å². The standard InChI is InChI=1S/C25H25N5O2S/c1-15(2)32-21-9-8-18(13-28-21)22-23(31)30(4)24(27)29-25(22,3)20-11-19(14-33-20)17-7-5-6-16(10-17)12-26/h5-11,13-15,22H,1-4H3,(H2,27,29)/t22-,25-/m1/s1. The Kier molecular flexibility index (Phi) is 5.91. The summed E-state index contributed by atoms with van der Waals surface area (Å²) < 4.78 is 5.65. The van der Waals surface area contributed by atoms with Crippen LogP contribution in [0.1, 0.15) is 42.7 Å². The van der Waals surface area contributed by atoms with Gasteiger partial charge in [0.15, 0.2) is 5.96 Å². The topological polar surface area (TPSA) is 105 Å². The molecule has 7 nitrogen and oxygen atoms in total. The van der Waals surface area contributed by atoms with Gasteiger partial charge in [-0.05, 0) is 61.0 Å².